The van der Waals surface area contributed by atoms with Gasteiger partial charge < -0.3 is 8.83 Å². The van der Waals surface area contributed by atoms with E-state index in [1.165, 1.54) is 0 Å². The summed E-state index contributed by atoms with van der Waals surface area (Å²) in [6, 6.07) is 7.39. The van der Waals surface area contributed by atoms with Crippen molar-refractivity contribution < 1.29 is 8.83 Å². The van der Waals surface area contributed by atoms with Gasteiger partial charge in [-0.25, -0.2) is 0 Å². The first-order chi connectivity index (χ1) is 11.7. The van der Waals surface area contributed by atoms with Crippen LogP contribution < -0.4 is 0 Å². The van der Waals surface area contributed by atoms with Gasteiger partial charge in [-0.15, -0.1) is 20.4 Å². The van der Waals surface area contributed by atoms with E-state index in [0.717, 1.165) is 18.5 Å². The standard InChI is InChI=1S/C16H18ClN5O2/c1-3-8-22(9-14-19-18-11(2)23-14)10-15-20-21-16(24-15)12-6-4-5-7-13(12)17/h4-7H,3,8-10H2,1-2H3. The van der Waals surface area contributed by atoms with Gasteiger partial charge in [0.05, 0.1) is 23.7 Å². The molecular formula is C16H18ClN5O2. The minimum Gasteiger partial charge on any atom is -0.424 e. The molecule has 3 rings (SSSR count). The lowest BCUT2D eigenvalue weighted by Gasteiger charge is -2.17. The minimum atomic E-state index is 0.417. The Hall–Kier alpha value is -2.25. The molecule has 0 bridgehead atoms. The molecule has 0 aliphatic rings. The molecule has 0 saturated heterocycles. The Morgan fingerprint density at radius 1 is 1.00 bits per heavy atom. The molecule has 1 aromatic carbocycles. The lowest BCUT2D eigenvalue weighted by molar-refractivity contribution is 0.209. The van der Waals surface area contributed by atoms with Crippen molar-refractivity contribution in [3.05, 3.63) is 47.0 Å². The smallest absolute Gasteiger partial charge is 0.249 e. The molecule has 0 aliphatic heterocycles. The van der Waals surface area contributed by atoms with Crippen molar-refractivity contribution in [2.45, 2.75) is 33.4 Å². The average molecular weight is 348 g/mol. The summed E-state index contributed by atoms with van der Waals surface area (Å²) in [4.78, 5) is 2.12. The molecule has 2 aromatic heterocycles. The van der Waals surface area contributed by atoms with E-state index in [0.29, 0.717) is 41.7 Å². The molecule has 0 N–H and O–H groups in total. The summed E-state index contributed by atoms with van der Waals surface area (Å²) >= 11 is 6.17. The van der Waals surface area contributed by atoms with Gasteiger partial charge in [0.2, 0.25) is 23.6 Å². The predicted octanol–water partition coefficient (Wildman–Crippen LogP) is 3.49. The second-order valence-corrected chi connectivity index (χ2v) is 5.81. The molecule has 0 spiro atoms. The highest BCUT2D eigenvalue weighted by Gasteiger charge is 2.16. The number of nitrogens with zero attached hydrogens (tertiary/aromatic N) is 5. The van der Waals surface area contributed by atoms with E-state index < -0.39 is 0 Å². The number of aryl methyl sites for hydroxylation is 1. The van der Waals surface area contributed by atoms with Gasteiger partial charge in [0.15, 0.2) is 0 Å². The van der Waals surface area contributed by atoms with E-state index in [4.69, 9.17) is 20.4 Å². The van der Waals surface area contributed by atoms with Crippen LogP contribution in [-0.2, 0) is 13.1 Å². The third kappa shape index (κ3) is 3.98. The van der Waals surface area contributed by atoms with Gasteiger partial charge in [0, 0.05) is 6.92 Å². The normalized spacial score (nSPS) is 11.3. The molecule has 7 nitrogen and oxygen atoms in total. The first kappa shape index (κ1) is 16.6. The highest BCUT2D eigenvalue weighted by atomic mass is 35.5. The Labute approximate surface area is 144 Å². The molecule has 126 valence electrons. The van der Waals surface area contributed by atoms with Crippen LogP contribution in [0, 0.1) is 6.92 Å². The monoisotopic (exact) mass is 347 g/mol. The van der Waals surface area contributed by atoms with Crippen molar-refractivity contribution in [2.24, 2.45) is 0 Å². The summed E-state index contributed by atoms with van der Waals surface area (Å²) in [5.41, 5.74) is 0.729. The van der Waals surface area contributed by atoms with Crippen LogP contribution in [0.3, 0.4) is 0 Å². The maximum Gasteiger partial charge on any atom is 0.249 e. The molecule has 2 heterocycles. The quantitative estimate of drug-likeness (QED) is 0.647. The zero-order valence-corrected chi connectivity index (χ0v) is 14.3. The van der Waals surface area contributed by atoms with Crippen molar-refractivity contribution in [3.8, 4) is 11.5 Å². The third-order valence-electron chi connectivity index (χ3n) is 3.40. The molecule has 8 heteroatoms. The van der Waals surface area contributed by atoms with Gasteiger partial charge in [-0.05, 0) is 25.1 Å². The van der Waals surface area contributed by atoms with E-state index in [2.05, 4.69) is 32.2 Å². The van der Waals surface area contributed by atoms with Crippen molar-refractivity contribution >= 4 is 11.6 Å². The number of hydrogen-bond donors (Lipinski definition) is 0. The first-order valence-corrected chi connectivity index (χ1v) is 8.12. The van der Waals surface area contributed by atoms with E-state index in [1.807, 2.05) is 18.2 Å². The Morgan fingerprint density at radius 2 is 1.71 bits per heavy atom. The van der Waals surface area contributed by atoms with E-state index in [1.54, 1.807) is 13.0 Å². The topological polar surface area (TPSA) is 81.1 Å². The summed E-state index contributed by atoms with van der Waals surface area (Å²) in [6.07, 6.45) is 0.985. The maximum atomic E-state index is 6.17. The van der Waals surface area contributed by atoms with Crippen LogP contribution in [-0.4, -0.2) is 31.8 Å². The summed E-state index contributed by atoms with van der Waals surface area (Å²) in [5.74, 6) is 2.07. The van der Waals surface area contributed by atoms with E-state index in [-0.39, 0.29) is 0 Å². The van der Waals surface area contributed by atoms with Gasteiger partial charge in [0.1, 0.15) is 0 Å². The van der Waals surface area contributed by atoms with Gasteiger partial charge >= 0.3 is 0 Å². The molecule has 0 amide bonds. The largest absolute Gasteiger partial charge is 0.424 e. The summed E-state index contributed by atoms with van der Waals surface area (Å²) in [5, 5.41) is 16.7. The summed E-state index contributed by atoms with van der Waals surface area (Å²) < 4.78 is 11.2. The minimum absolute atomic E-state index is 0.417. The molecule has 0 unspecified atom stereocenters. The SMILES string of the molecule is CCCN(Cc1nnc(C)o1)Cc1nnc(-c2ccccc2Cl)o1. The van der Waals surface area contributed by atoms with Crippen molar-refractivity contribution in [3.63, 3.8) is 0 Å². The van der Waals surface area contributed by atoms with Crippen LogP contribution in [0.25, 0.3) is 11.5 Å². The molecule has 0 saturated carbocycles. The zero-order valence-electron chi connectivity index (χ0n) is 13.6. The molecule has 0 fully saturated rings. The fraction of sp³-hybridized carbons (Fsp3) is 0.375. The number of halogens is 1. The lowest BCUT2D eigenvalue weighted by atomic mass is 10.2. The Morgan fingerprint density at radius 3 is 2.38 bits per heavy atom. The highest BCUT2D eigenvalue weighted by molar-refractivity contribution is 6.33. The molecule has 0 radical (unpaired) electrons. The number of hydrogen-bond acceptors (Lipinski definition) is 7. The summed E-state index contributed by atoms with van der Waals surface area (Å²) in [6.45, 7) is 5.78. The second kappa shape index (κ2) is 7.55. The van der Waals surface area contributed by atoms with Gasteiger partial charge in [-0.1, -0.05) is 30.7 Å². The van der Waals surface area contributed by atoms with Crippen LogP contribution in [0.15, 0.2) is 33.1 Å². The molecular weight excluding hydrogens is 330 g/mol. The van der Waals surface area contributed by atoms with Crippen LogP contribution in [0.4, 0.5) is 0 Å². The predicted molar refractivity (Wildman–Crippen MR) is 88.2 cm³/mol. The highest BCUT2D eigenvalue weighted by Crippen LogP contribution is 2.26. The molecule has 0 atom stereocenters. The van der Waals surface area contributed by atoms with Crippen LogP contribution in [0.2, 0.25) is 5.02 Å². The number of benzene rings is 1. The maximum absolute atomic E-state index is 6.17. The van der Waals surface area contributed by atoms with E-state index >= 15 is 0 Å². The molecule has 24 heavy (non-hydrogen) atoms. The zero-order chi connectivity index (χ0) is 16.9. The number of rotatable bonds is 7. The third-order valence-corrected chi connectivity index (χ3v) is 3.73. The Kier molecular flexibility index (Phi) is 5.22. The second-order valence-electron chi connectivity index (χ2n) is 5.41. The fourth-order valence-electron chi connectivity index (χ4n) is 2.38. The van der Waals surface area contributed by atoms with Crippen molar-refractivity contribution in [1.82, 2.24) is 25.3 Å². The van der Waals surface area contributed by atoms with Crippen molar-refractivity contribution in [1.29, 1.82) is 0 Å². The van der Waals surface area contributed by atoms with Gasteiger partial charge in [-0.2, -0.15) is 0 Å². The fourth-order valence-corrected chi connectivity index (χ4v) is 2.59. The Balaban J connectivity index is 1.72. The number of aromatic nitrogens is 4. The van der Waals surface area contributed by atoms with Gasteiger partial charge in [0.25, 0.3) is 0 Å². The average Bonchev–Trinajstić information content (AvgIpc) is 3.17. The lowest BCUT2D eigenvalue weighted by Crippen LogP contribution is -2.24. The van der Waals surface area contributed by atoms with Gasteiger partial charge in [-0.3, -0.25) is 4.90 Å². The molecule has 3 aromatic rings. The first-order valence-electron chi connectivity index (χ1n) is 7.74. The van der Waals surface area contributed by atoms with Crippen LogP contribution >= 0.6 is 11.6 Å². The van der Waals surface area contributed by atoms with Crippen LogP contribution in [0.1, 0.15) is 31.0 Å². The Bertz CT molecular complexity index is 801. The summed E-state index contributed by atoms with van der Waals surface area (Å²) in [7, 11) is 0. The van der Waals surface area contributed by atoms with Crippen molar-refractivity contribution in [2.75, 3.05) is 6.54 Å². The molecule has 0 aliphatic carbocycles. The van der Waals surface area contributed by atoms with E-state index in [9.17, 15) is 0 Å². The van der Waals surface area contributed by atoms with Crippen LogP contribution in [0.5, 0.6) is 0 Å².